The summed E-state index contributed by atoms with van der Waals surface area (Å²) in [4.78, 5) is 76.9. The van der Waals surface area contributed by atoms with Gasteiger partial charge in [-0.3, -0.25) is 19.4 Å². The molecule has 3 aromatic carbocycles. The molecule has 0 radical (unpaired) electrons. The standard InChI is InChI=1S/C38H42N8O8/c39-37(40)42-11-5-10-27(34(48)45-17-23-8-3-2-7-22(23)13-30(45)36(50)51)43-33(47)28-14-25-15-31-32(54-20-53-31)16-26(25)19-44(28)35(49)29-12-21-6-1-4-9-24(21)18-46(29)38(41)52/h1-4,6-9,15-16,27-30H,5,10-14,17-20H2,(H2,41,52)(H,43,47)(H,50,51)(H4,39,40,42)/t27-,28?,29-,30-/m0/s1. The smallest absolute Gasteiger partial charge is 0.326 e. The summed E-state index contributed by atoms with van der Waals surface area (Å²) < 4.78 is 11.2. The number of ether oxygens (including phenoxy) is 2. The van der Waals surface area contributed by atoms with Crippen LogP contribution >= 0.6 is 0 Å². The zero-order chi connectivity index (χ0) is 38.1. The molecule has 0 aromatic heterocycles. The molecule has 0 bridgehead atoms. The zero-order valence-corrected chi connectivity index (χ0v) is 29.5. The van der Waals surface area contributed by atoms with Gasteiger partial charge in [-0.25, -0.2) is 9.59 Å². The van der Waals surface area contributed by atoms with Crippen LogP contribution < -0.4 is 32.0 Å². The summed E-state index contributed by atoms with van der Waals surface area (Å²) >= 11 is 0. The number of hydrogen-bond donors (Lipinski definition) is 5. The van der Waals surface area contributed by atoms with Gasteiger partial charge in [0, 0.05) is 45.4 Å². The number of primary amides is 1. The average molecular weight is 739 g/mol. The Balaban J connectivity index is 1.21. The number of nitrogens with two attached hydrogens (primary N) is 3. The van der Waals surface area contributed by atoms with Crippen LogP contribution in [0.1, 0.15) is 46.2 Å². The molecule has 4 aliphatic heterocycles. The van der Waals surface area contributed by atoms with Crippen LogP contribution in [0.25, 0.3) is 0 Å². The predicted octanol–water partition coefficient (Wildman–Crippen LogP) is 0.751. The number of carboxylic acids is 1. The molecule has 0 fully saturated rings. The van der Waals surface area contributed by atoms with Crippen molar-refractivity contribution in [1.29, 1.82) is 0 Å². The van der Waals surface area contributed by atoms with Crippen molar-refractivity contribution in [2.75, 3.05) is 13.3 Å². The molecular weight excluding hydrogens is 696 g/mol. The van der Waals surface area contributed by atoms with E-state index in [0.29, 0.717) is 11.5 Å². The number of amides is 5. The molecule has 3 aromatic rings. The molecule has 4 aliphatic rings. The highest BCUT2D eigenvalue weighted by atomic mass is 16.7. The lowest BCUT2D eigenvalue weighted by molar-refractivity contribution is -0.153. The zero-order valence-electron chi connectivity index (χ0n) is 29.5. The number of guanidine groups is 1. The highest BCUT2D eigenvalue weighted by Gasteiger charge is 2.44. The van der Waals surface area contributed by atoms with Gasteiger partial charge < -0.3 is 51.8 Å². The van der Waals surface area contributed by atoms with Crippen LogP contribution in [0.2, 0.25) is 0 Å². The van der Waals surface area contributed by atoms with E-state index >= 15 is 0 Å². The molecule has 0 spiro atoms. The molecule has 4 heterocycles. The summed E-state index contributed by atoms with van der Waals surface area (Å²) in [5, 5.41) is 13.1. The Morgan fingerprint density at radius 1 is 0.741 bits per heavy atom. The Labute approximate surface area is 310 Å². The number of aliphatic imine (C=N–C) groups is 1. The molecule has 0 saturated carbocycles. The molecule has 4 atom stereocenters. The minimum absolute atomic E-state index is 0.000738. The monoisotopic (exact) mass is 738 g/mol. The predicted molar refractivity (Wildman–Crippen MR) is 194 cm³/mol. The topological polar surface area (TPSA) is 236 Å². The number of benzene rings is 3. The third-order valence-electron chi connectivity index (χ3n) is 10.6. The first-order valence-corrected chi connectivity index (χ1v) is 17.8. The minimum Gasteiger partial charge on any atom is -0.480 e. The van der Waals surface area contributed by atoms with Gasteiger partial charge in [0.05, 0.1) is 0 Å². The van der Waals surface area contributed by atoms with E-state index in [1.807, 2.05) is 48.5 Å². The fraction of sp³-hybridized carbons (Fsp3) is 0.368. The number of carbonyl (C=O) groups is 5. The maximum absolute atomic E-state index is 14.7. The van der Waals surface area contributed by atoms with Gasteiger partial charge in [-0.1, -0.05) is 48.5 Å². The molecule has 282 valence electrons. The second-order valence-corrected chi connectivity index (χ2v) is 13.9. The number of carbonyl (C=O) groups excluding carboxylic acids is 4. The van der Waals surface area contributed by atoms with Crippen molar-refractivity contribution in [2.24, 2.45) is 22.2 Å². The van der Waals surface area contributed by atoms with Crippen LogP contribution in [-0.4, -0.2) is 93.0 Å². The SMILES string of the molecule is NC(=O)N1Cc2ccccc2C[C@H]1C(=O)N1Cc2cc3c(cc2CC1C(=O)N[C@@H](CCCN=C(N)N)C(=O)N1Cc2ccccc2C[C@H]1C(=O)O)OCO3. The van der Waals surface area contributed by atoms with E-state index in [9.17, 15) is 29.1 Å². The lowest BCUT2D eigenvalue weighted by Crippen LogP contribution is -2.62. The molecular formula is C38H42N8O8. The number of carboxylic acid groups (broad SMARTS) is 1. The van der Waals surface area contributed by atoms with Crippen LogP contribution in [0.15, 0.2) is 65.7 Å². The number of nitrogens with one attached hydrogen (secondary N) is 1. The third kappa shape index (κ3) is 7.18. The Morgan fingerprint density at radius 2 is 1.30 bits per heavy atom. The maximum atomic E-state index is 14.7. The normalized spacial score (nSPS) is 20.1. The molecule has 1 unspecified atom stereocenters. The minimum atomic E-state index is -1.18. The largest absolute Gasteiger partial charge is 0.480 e. The molecule has 7 rings (SSSR count). The molecule has 16 heteroatoms. The first-order chi connectivity index (χ1) is 26.0. The Morgan fingerprint density at radius 3 is 1.91 bits per heavy atom. The second kappa shape index (κ2) is 15.0. The molecule has 8 N–H and O–H groups in total. The molecule has 0 saturated heterocycles. The quantitative estimate of drug-likeness (QED) is 0.117. The number of hydrogen-bond acceptors (Lipinski definition) is 8. The van der Waals surface area contributed by atoms with E-state index in [4.69, 9.17) is 26.7 Å². The Kier molecular flexibility index (Phi) is 9.99. The lowest BCUT2D eigenvalue weighted by Gasteiger charge is -2.42. The van der Waals surface area contributed by atoms with Gasteiger partial charge in [-0.2, -0.15) is 0 Å². The van der Waals surface area contributed by atoms with Crippen LogP contribution in [0.5, 0.6) is 11.5 Å². The van der Waals surface area contributed by atoms with Gasteiger partial charge in [0.25, 0.3) is 0 Å². The van der Waals surface area contributed by atoms with E-state index < -0.39 is 53.9 Å². The van der Waals surface area contributed by atoms with Crippen LogP contribution in [-0.2, 0) is 58.1 Å². The number of fused-ring (bicyclic) bond motifs is 4. The highest BCUT2D eigenvalue weighted by Crippen LogP contribution is 2.39. The first kappa shape index (κ1) is 36.1. The molecule has 5 amide bonds. The maximum Gasteiger partial charge on any atom is 0.326 e. The number of aliphatic carboxylic acids is 1. The van der Waals surface area contributed by atoms with Crippen molar-refractivity contribution >= 4 is 35.7 Å². The van der Waals surface area contributed by atoms with E-state index in [1.54, 1.807) is 12.1 Å². The van der Waals surface area contributed by atoms with Gasteiger partial charge in [-0.05, 0) is 58.4 Å². The van der Waals surface area contributed by atoms with E-state index in [0.717, 1.165) is 33.4 Å². The fourth-order valence-electron chi connectivity index (χ4n) is 7.81. The fourth-order valence-corrected chi connectivity index (χ4v) is 7.81. The average Bonchev–Trinajstić information content (AvgIpc) is 3.63. The van der Waals surface area contributed by atoms with Crippen molar-refractivity contribution < 1.29 is 38.6 Å². The molecule has 16 nitrogen and oxygen atoms in total. The summed E-state index contributed by atoms with van der Waals surface area (Å²) in [6, 6.07) is 13.1. The van der Waals surface area contributed by atoms with Crippen LogP contribution in [0, 0.1) is 0 Å². The third-order valence-corrected chi connectivity index (χ3v) is 10.6. The second-order valence-electron chi connectivity index (χ2n) is 13.9. The van der Waals surface area contributed by atoms with E-state index in [2.05, 4.69) is 10.3 Å². The van der Waals surface area contributed by atoms with Crippen LogP contribution in [0.4, 0.5) is 4.79 Å². The lowest BCUT2D eigenvalue weighted by atomic mass is 9.89. The summed E-state index contributed by atoms with van der Waals surface area (Å²) in [6.45, 7) is 0.349. The summed E-state index contributed by atoms with van der Waals surface area (Å²) in [6.07, 6.45) is 0.718. The summed E-state index contributed by atoms with van der Waals surface area (Å²) in [5.41, 5.74) is 21.7. The van der Waals surface area contributed by atoms with E-state index in [-0.39, 0.29) is 71.0 Å². The van der Waals surface area contributed by atoms with Gasteiger partial charge >= 0.3 is 12.0 Å². The van der Waals surface area contributed by atoms with Crippen molar-refractivity contribution in [2.45, 2.75) is 75.9 Å². The van der Waals surface area contributed by atoms with Gasteiger partial charge in [0.1, 0.15) is 24.2 Å². The number of urea groups is 1. The molecule has 54 heavy (non-hydrogen) atoms. The van der Waals surface area contributed by atoms with Crippen molar-refractivity contribution in [1.82, 2.24) is 20.0 Å². The van der Waals surface area contributed by atoms with Crippen molar-refractivity contribution in [3.63, 3.8) is 0 Å². The number of rotatable bonds is 9. The van der Waals surface area contributed by atoms with Gasteiger partial charge in [0.15, 0.2) is 17.5 Å². The molecule has 0 aliphatic carbocycles. The number of nitrogens with zero attached hydrogens (tertiary/aromatic N) is 4. The van der Waals surface area contributed by atoms with Crippen LogP contribution in [0.3, 0.4) is 0 Å². The van der Waals surface area contributed by atoms with Gasteiger partial charge in [-0.15, -0.1) is 0 Å². The Hall–Kier alpha value is -6.32. The highest BCUT2D eigenvalue weighted by molar-refractivity contribution is 5.96. The van der Waals surface area contributed by atoms with Gasteiger partial charge in [0.2, 0.25) is 24.5 Å². The van der Waals surface area contributed by atoms with Crippen molar-refractivity contribution in [3.8, 4) is 11.5 Å². The van der Waals surface area contributed by atoms with E-state index in [1.165, 1.54) is 14.7 Å². The summed E-state index contributed by atoms with van der Waals surface area (Å²) in [5.74, 6) is -1.98. The Bertz CT molecular complexity index is 2030. The first-order valence-electron chi connectivity index (χ1n) is 17.8. The summed E-state index contributed by atoms with van der Waals surface area (Å²) in [7, 11) is 0. The van der Waals surface area contributed by atoms with Crippen molar-refractivity contribution in [3.05, 3.63) is 94.0 Å².